The quantitative estimate of drug-likeness (QED) is 0.842. The van der Waals surface area contributed by atoms with Gasteiger partial charge in [-0.05, 0) is 43.0 Å². The number of benzene rings is 1. The first-order valence-electron chi connectivity index (χ1n) is 8.42. The van der Waals surface area contributed by atoms with E-state index in [-0.39, 0.29) is 12.0 Å². The van der Waals surface area contributed by atoms with E-state index in [4.69, 9.17) is 14.2 Å². The molecule has 3 rings (SSSR count). The highest BCUT2D eigenvalue weighted by atomic mass is 16.5. The summed E-state index contributed by atoms with van der Waals surface area (Å²) in [6, 6.07) is 4.12. The van der Waals surface area contributed by atoms with Crippen LogP contribution < -0.4 is 9.47 Å². The number of piperidine rings is 1. The number of fused-ring (bicyclic) bond motifs is 3. The van der Waals surface area contributed by atoms with Crippen LogP contribution in [0.3, 0.4) is 0 Å². The summed E-state index contributed by atoms with van der Waals surface area (Å²) in [4.78, 5) is 14.4. The number of carbonyl (C=O) groups is 1. The zero-order valence-electron chi connectivity index (χ0n) is 14.4. The minimum atomic E-state index is -0.679. The van der Waals surface area contributed by atoms with Crippen LogP contribution in [0.25, 0.3) is 0 Å². The Kier molecular flexibility index (Phi) is 4.96. The molecule has 0 unspecified atom stereocenters. The van der Waals surface area contributed by atoms with Crippen LogP contribution in [0.1, 0.15) is 30.5 Å². The summed E-state index contributed by atoms with van der Waals surface area (Å²) < 4.78 is 16.0. The van der Waals surface area contributed by atoms with Gasteiger partial charge in [0.05, 0.1) is 32.8 Å². The van der Waals surface area contributed by atoms with Crippen molar-refractivity contribution in [3.05, 3.63) is 23.3 Å². The number of methoxy groups -OCH3 is 2. The molecule has 2 aliphatic rings. The Morgan fingerprint density at radius 1 is 1.29 bits per heavy atom. The second-order valence-electron chi connectivity index (χ2n) is 6.33. The number of aliphatic hydroxyl groups excluding tert-OH is 1. The number of hydrogen-bond acceptors (Lipinski definition) is 6. The number of ether oxygens (including phenoxy) is 3. The lowest BCUT2D eigenvalue weighted by molar-refractivity contribution is -0.157. The molecule has 0 bridgehead atoms. The Morgan fingerprint density at radius 2 is 2.00 bits per heavy atom. The lowest BCUT2D eigenvalue weighted by Crippen LogP contribution is -2.50. The molecule has 3 atom stereocenters. The van der Waals surface area contributed by atoms with Crippen LogP contribution in [-0.4, -0.2) is 56.0 Å². The summed E-state index contributed by atoms with van der Waals surface area (Å²) in [6.07, 6.45) is 0.771. The summed E-state index contributed by atoms with van der Waals surface area (Å²) >= 11 is 0. The van der Waals surface area contributed by atoms with Crippen LogP contribution in [-0.2, 0) is 16.0 Å². The van der Waals surface area contributed by atoms with Crippen LogP contribution in [0.15, 0.2) is 12.1 Å². The highest BCUT2D eigenvalue weighted by Gasteiger charge is 2.42. The van der Waals surface area contributed by atoms with Crippen molar-refractivity contribution >= 4 is 5.97 Å². The van der Waals surface area contributed by atoms with Crippen LogP contribution in [0.4, 0.5) is 0 Å². The minimum absolute atomic E-state index is 0.0892. The Hall–Kier alpha value is -1.79. The van der Waals surface area contributed by atoms with Crippen molar-refractivity contribution in [3.63, 3.8) is 0 Å². The molecule has 6 nitrogen and oxygen atoms in total. The van der Waals surface area contributed by atoms with E-state index in [1.54, 1.807) is 21.1 Å². The molecule has 0 amide bonds. The maximum Gasteiger partial charge on any atom is 0.311 e. The molecular weight excluding hydrogens is 310 g/mol. The van der Waals surface area contributed by atoms with Crippen molar-refractivity contribution in [1.82, 2.24) is 4.90 Å². The average molecular weight is 335 g/mol. The van der Waals surface area contributed by atoms with E-state index in [1.807, 2.05) is 12.1 Å². The summed E-state index contributed by atoms with van der Waals surface area (Å²) in [5.74, 6) is 0.627. The van der Waals surface area contributed by atoms with Crippen molar-refractivity contribution in [3.8, 4) is 11.5 Å². The first-order chi connectivity index (χ1) is 11.6. The van der Waals surface area contributed by atoms with Crippen molar-refractivity contribution in [2.24, 2.45) is 5.92 Å². The van der Waals surface area contributed by atoms with Crippen LogP contribution in [0.5, 0.6) is 11.5 Å². The molecule has 1 aromatic carbocycles. The number of aliphatic hydroxyl groups is 1. The molecule has 132 valence electrons. The van der Waals surface area contributed by atoms with Gasteiger partial charge >= 0.3 is 5.97 Å². The molecule has 0 aliphatic carbocycles. The Balaban J connectivity index is 1.92. The molecule has 1 N–H and O–H groups in total. The first-order valence-corrected chi connectivity index (χ1v) is 8.42. The van der Waals surface area contributed by atoms with Crippen molar-refractivity contribution in [1.29, 1.82) is 0 Å². The highest BCUT2D eigenvalue weighted by Crippen LogP contribution is 2.43. The van der Waals surface area contributed by atoms with Gasteiger partial charge in [0.15, 0.2) is 11.5 Å². The average Bonchev–Trinajstić information content (AvgIpc) is 2.59. The van der Waals surface area contributed by atoms with E-state index in [2.05, 4.69) is 4.90 Å². The summed E-state index contributed by atoms with van der Waals surface area (Å²) in [6.45, 7) is 3.46. The number of carbonyl (C=O) groups excluding carboxylic acids is 1. The lowest BCUT2D eigenvalue weighted by atomic mass is 9.80. The molecular formula is C18H25NO5. The van der Waals surface area contributed by atoms with Crippen LogP contribution >= 0.6 is 0 Å². The van der Waals surface area contributed by atoms with E-state index in [9.17, 15) is 9.90 Å². The minimum Gasteiger partial charge on any atom is -0.493 e. The van der Waals surface area contributed by atoms with Crippen molar-refractivity contribution in [2.45, 2.75) is 31.9 Å². The van der Waals surface area contributed by atoms with E-state index in [0.29, 0.717) is 25.3 Å². The monoisotopic (exact) mass is 335 g/mol. The maximum absolute atomic E-state index is 12.2. The van der Waals surface area contributed by atoms with Crippen molar-refractivity contribution < 1.29 is 24.1 Å². The largest absolute Gasteiger partial charge is 0.493 e. The van der Waals surface area contributed by atoms with E-state index in [1.165, 1.54) is 5.56 Å². The fourth-order valence-corrected chi connectivity index (χ4v) is 3.84. The molecule has 1 aromatic rings. The maximum atomic E-state index is 12.2. The topological polar surface area (TPSA) is 68.2 Å². The Bertz CT molecular complexity index is 618. The molecule has 6 heteroatoms. The van der Waals surface area contributed by atoms with E-state index < -0.39 is 12.0 Å². The molecule has 2 aliphatic heterocycles. The molecule has 24 heavy (non-hydrogen) atoms. The third-order valence-corrected chi connectivity index (χ3v) is 5.07. The SMILES string of the molecule is CCOC(=O)[C@H]1C[C@H]2c3cc(OC)c(OC)cc3CCN2C[C@@H]1O. The second-order valence-corrected chi connectivity index (χ2v) is 6.33. The highest BCUT2D eigenvalue weighted by molar-refractivity contribution is 5.73. The number of hydrogen-bond donors (Lipinski definition) is 1. The van der Waals surface area contributed by atoms with E-state index >= 15 is 0 Å². The van der Waals surface area contributed by atoms with Crippen molar-refractivity contribution in [2.75, 3.05) is 33.9 Å². The van der Waals surface area contributed by atoms with E-state index in [0.717, 1.165) is 24.3 Å². The van der Waals surface area contributed by atoms with Gasteiger partial charge in [0.25, 0.3) is 0 Å². The molecule has 0 radical (unpaired) electrons. The predicted octanol–water partition coefficient (Wildman–Crippen LogP) is 1.55. The fourth-order valence-electron chi connectivity index (χ4n) is 3.84. The van der Waals surface area contributed by atoms with Gasteiger partial charge in [0.1, 0.15) is 0 Å². The van der Waals surface area contributed by atoms with Gasteiger partial charge in [-0.2, -0.15) is 0 Å². The zero-order valence-corrected chi connectivity index (χ0v) is 14.4. The molecule has 0 spiro atoms. The van der Waals surface area contributed by atoms with Gasteiger partial charge in [-0.25, -0.2) is 0 Å². The van der Waals surface area contributed by atoms with Crippen LogP contribution in [0.2, 0.25) is 0 Å². The molecule has 2 heterocycles. The third kappa shape index (κ3) is 2.96. The number of rotatable bonds is 4. The number of esters is 1. The normalized spacial score (nSPS) is 26.2. The first kappa shape index (κ1) is 17.0. The lowest BCUT2D eigenvalue weighted by Gasteiger charge is -2.45. The molecule has 0 saturated carbocycles. The number of nitrogens with zero attached hydrogens (tertiary/aromatic N) is 1. The standard InChI is InChI=1S/C18H25NO5/c1-4-24-18(21)13-8-14-12-9-17(23-3)16(22-2)7-11(12)5-6-19(14)10-15(13)20/h7,9,13-15,20H,4-6,8,10H2,1-3H3/t13-,14-,15-/m0/s1. The summed E-state index contributed by atoms with van der Waals surface area (Å²) in [7, 11) is 3.25. The third-order valence-electron chi connectivity index (χ3n) is 5.07. The molecule has 0 aromatic heterocycles. The fraction of sp³-hybridized carbons (Fsp3) is 0.611. The smallest absolute Gasteiger partial charge is 0.311 e. The van der Waals surface area contributed by atoms with Gasteiger partial charge in [-0.15, -0.1) is 0 Å². The zero-order chi connectivity index (χ0) is 17.3. The summed E-state index contributed by atoms with van der Waals surface area (Å²) in [5.41, 5.74) is 2.37. The van der Waals surface area contributed by atoms with Gasteiger partial charge in [0, 0.05) is 19.1 Å². The van der Waals surface area contributed by atoms with Gasteiger partial charge in [-0.1, -0.05) is 0 Å². The predicted molar refractivity (Wildman–Crippen MR) is 88.3 cm³/mol. The molecule has 1 saturated heterocycles. The Labute approximate surface area is 142 Å². The van der Waals surface area contributed by atoms with Gasteiger partial charge < -0.3 is 19.3 Å². The summed E-state index contributed by atoms with van der Waals surface area (Å²) in [5, 5.41) is 10.3. The second kappa shape index (κ2) is 6.99. The molecule has 1 fully saturated rings. The Morgan fingerprint density at radius 3 is 2.67 bits per heavy atom. The van der Waals surface area contributed by atoms with Gasteiger partial charge in [0.2, 0.25) is 0 Å². The van der Waals surface area contributed by atoms with Crippen LogP contribution in [0, 0.1) is 5.92 Å². The van der Waals surface area contributed by atoms with Gasteiger partial charge in [-0.3, -0.25) is 9.69 Å².